The summed E-state index contributed by atoms with van der Waals surface area (Å²) in [4.78, 5) is 14.2. The molecule has 0 saturated carbocycles. The van der Waals surface area contributed by atoms with E-state index in [2.05, 4.69) is 5.32 Å². The van der Waals surface area contributed by atoms with E-state index in [9.17, 15) is 15.2 Å². The van der Waals surface area contributed by atoms with Crippen molar-refractivity contribution in [2.75, 3.05) is 33.9 Å². The first-order valence-corrected chi connectivity index (χ1v) is 9.61. The molecule has 7 nitrogen and oxygen atoms in total. The number of aliphatic hydroxyl groups excluding tert-OH is 1. The molecule has 0 saturated heterocycles. The van der Waals surface area contributed by atoms with Gasteiger partial charge in [0.05, 0.1) is 20.8 Å². The number of ether oxygens (including phenoxy) is 2. The monoisotopic (exact) mass is 409 g/mol. The number of hydrogen-bond donors (Lipinski definition) is 2. The van der Waals surface area contributed by atoms with Gasteiger partial charge in [0.15, 0.2) is 11.5 Å². The predicted octanol–water partition coefficient (Wildman–Crippen LogP) is 2.26. The van der Waals surface area contributed by atoms with Crippen molar-refractivity contribution in [3.05, 3.63) is 71.4 Å². The quantitative estimate of drug-likeness (QED) is 0.437. The van der Waals surface area contributed by atoms with Gasteiger partial charge in [-0.2, -0.15) is 5.26 Å². The Bertz CT molecular complexity index is 891. The van der Waals surface area contributed by atoms with Gasteiger partial charge >= 0.3 is 0 Å². The lowest BCUT2D eigenvalue weighted by atomic mass is 10.1. The summed E-state index contributed by atoms with van der Waals surface area (Å²) in [7, 11) is 3.15. The van der Waals surface area contributed by atoms with Crippen molar-refractivity contribution in [3.63, 3.8) is 0 Å². The van der Waals surface area contributed by atoms with Crippen LogP contribution in [0.3, 0.4) is 0 Å². The molecule has 7 heteroatoms. The summed E-state index contributed by atoms with van der Waals surface area (Å²) in [5, 5.41) is 21.5. The zero-order valence-electron chi connectivity index (χ0n) is 17.3. The minimum atomic E-state index is -0.450. The number of amides is 1. The van der Waals surface area contributed by atoms with Crippen molar-refractivity contribution in [1.29, 1.82) is 5.26 Å². The maximum atomic E-state index is 12.4. The second-order valence-electron chi connectivity index (χ2n) is 6.53. The van der Waals surface area contributed by atoms with Crippen LogP contribution in [0.5, 0.6) is 11.5 Å². The van der Waals surface area contributed by atoms with E-state index < -0.39 is 5.91 Å². The highest BCUT2D eigenvalue weighted by Gasteiger charge is 2.12. The van der Waals surface area contributed by atoms with Crippen molar-refractivity contribution in [2.45, 2.75) is 13.0 Å². The topological polar surface area (TPSA) is 94.8 Å². The number of nitrogens with one attached hydrogen (secondary N) is 1. The Balaban J connectivity index is 1.98. The van der Waals surface area contributed by atoms with E-state index >= 15 is 0 Å². The van der Waals surface area contributed by atoms with Crippen LogP contribution in [0.1, 0.15) is 11.1 Å². The minimum Gasteiger partial charge on any atom is -0.493 e. The van der Waals surface area contributed by atoms with E-state index in [0.29, 0.717) is 37.6 Å². The molecule has 2 rings (SSSR count). The first-order valence-electron chi connectivity index (χ1n) is 9.61. The standard InChI is InChI=1S/C23H27N3O4/c1-29-21-9-8-18(14-22(21)30-2)10-11-25-23(28)20(15-24)17-26(12-13-27)16-19-6-4-3-5-7-19/h3-9,14,17,27H,10-13,16H2,1-2H3,(H,25,28)/b20-17-. The lowest BCUT2D eigenvalue weighted by molar-refractivity contribution is -0.117. The SMILES string of the molecule is COc1ccc(CCNC(=O)/C(C#N)=C\N(CCO)Cc2ccccc2)cc1OC. The number of nitriles is 1. The maximum absolute atomic E-state index is 12.4. The van der Waals surface area contributed by atoms with Crippen molar-refractivity contribution < 1.29 is 19.4 Å². The van der Waals surface area contributed by atoms with Crippen LogP contribution in [0.15, 0.2) is 60.3 Å². The zero-order valence-corrected chi connectivity index (χ0v) is 17.3. The fourth-order valence-corrected chi connectivity index (χ4v) is 2.91. The van der Waals surface area contributed by atoms with Crippen molar-refractivity contribution >= 4 is 5.91 Å². The number of hydrogen-bond acceptors (Lipinski definition) is 6. The molecule has 2 aromatic rings. The number of benzene rings is 2. The average molecular weight is 409 g/mol. The third-order valence-corrected chi connectivity index (χ3v) is 4.44. The van der Waals surface area contributed by atoms with E-state index in [-0.39, 0.29) is 12.2 Å². The average Bonchev–Trinajstić information content (AvgIpc) is 2.77. The number of aliphatic hydroxyl groups is 1. The van der Waals surface area contributed by atoms with Crippen molar-refractivity contribution in [2.24, 2.45) is 0 Å². The molecular formula is C23H27N3O4. The van der Waals surface area contributed by atoms with E-state index in [0.717, 1.165) is 11.1 Å². The summed E-state index contributed by atoms with van der Waals surface area (Å²) in [6.45, 7) is 1.10. The molecule has 0 atom stereocenters. The van der Waals surface area contributed by atoms with Gasteiger partial charge in [-0.25, -0.2) is 0 Å². The molecule has 0 aliphatic heterocycles. The van der Waals surface area contributed by atoms with Gasteiger partial charge in [-0.15, -0.1) is 0 Å². The second-order valence-corrected chi connectivity index (χ2v) is 6.53. The Kier molecular flexibility index (Phi) is 9.22. The third-order valence-electron chi connectivity index (χ3n) is 4.44. The van der Waals surface area contributed by atoms with Gasteiger partial charge in [0.1, 0.15) is 11.6 Å². The highest BCUT2D eigenvalue weighted by molar-refractivity contribution is 5.97. The molecule has 1 amide bonds. The Morgan fingerprint density at radius 1 is 1.13 bits per heavy atom. The van der Waals surface area contributed by atoms with E-state index in [4.69, 9.17) is 9.47 Å². The van der Waals surface area contributed by atoms with Gasteiger partial charge in [-0.1, -0.05) is 36.4 Å². The fraction of sp³-hybridized carbons (Fsp3) is 0.304. The van der Waals surface area contributed by atoms with Gasteiger partial charge in [-0.3, -0.25) is 4.79 Å². The Hall–Kier alpha value is -3.50. The first kappa shape index (κ1) is 22.8. The molecule has 0 aromatic heterocycles. The smallest absolute Gasteiger partial charge is 0.263 e. The van der Waals surface area contributed by atoms with Crippen LogP contribution >= 0.6 is 0 Å². The fourth-order valence-electron chi connectivity index (χ4n) is 2.91. The molecule has 0 unspecified atom stereocenters. The van der Waals surface area contributed by atoms with Crippen LogP contribution in [0.25, 0.3) is 0 Å². The van der Waals surface area contributed by atoms with Gasteiger partial charge in [0.2, 0.25) is 0 Å². The van der Waals surface area contributed by atoms with Gasteiger partial charge in [0.25, 0.3) is 5.91 Å². The van der Waals surface area contributed by atoms with E-state index in [1.54, 1.807) is 19.1 Å². The molecule has 0 fully saturated rings. The molecule has 0 radical (unpaired) electrons. The third kappa shape index (κ3) is 6.83. The number of rotatable bonds is 11. The molecule has 2 aromatic carbocycles. The van der Waals surface area contributed by atoms with Gasteiger partial charge in [0, 0.05) is 25.8 Å². The Labute approximate surface area is 177 Å². The van der Waals surface area contributed by atoms with Gasteiger partial charge < -0.3 is 24.8 Å². The second kappa shape index (κ2) is 12.1. The van der Waals surface area contributed by atoms with Crippen LogP contribution in [0.2, 0.25) is 0 Å². The van der Waals surface area contributed by atoms with E-state index in [1.165, 1.54) is 6.20 Å². The van der Waals surface area contributed by atoms with Crippen molar-refractivity contribution in [3.8, 4) is 17.6 Å². The molecule has 0 aliphatic rings. The predicted molar refractivity (Wildman–Crippen MR) is 114 cm³/mol. The molecular weight excluding hydrogens is 382 g/mol. The Morgan fingerprint density at radius 2 is 1.87 bits per heavy atom. The molecule has 0 heterocycles. The highest BCUT2D eigenvalue weighted by atomic mass is 16.5. The largest absolute Gasteiger partial charge is 0.493 e. The number of nitrogens with zero attached hydrogens (tertiary/aromatic N) is 2. The van der Waals surface area contributed by atoms with Crippen LogP contribution in [0.4, 0.5) is 0 Å². The number of methoxy groups -OCH3 is 2. The van der Waals surface area contributed by atoms with Crippen LogP contribution in [-0.4, -0.2) is 49.8 Å². The summed E-state index contributed by atoms with van der Waals surface area (Å²) < 4.78 is 10.5. The Morgan fingerprint density at radius 3 is 2.50 bits per heavy atom. The number of carbonyl (C=O) groups excluding carboxylic acids is 1. The van der Waals surface area contributed by atoms with E-state index in [1.807, 2.05) is 54.6 Å². The maximum Gasteiger partial charge on any atom is 0.263 e. The molecule has 2 N–H and O–H groups in total. The minimum absolute atomic E-state index is 0.00769. The van der Waals surface area contributed by atoms with Crippen LogP contribution < -0.4 is 14.8 Å². The summed E-state index contributed by atoms with van der Waals surface area (Å²) in [5.41, 5.74) is 1.99. The molecule has 158 valence electrons. The lowest BCUT2D eigenvalue weighted by Gasteiger charge is -2.20. The van der Waals surface area contributed by atoms with Crippen LogP contribution in [0, 0.1) is 11.3 Å². The summed E-state index contributed by atoms with van der Waals surface area (Å²) in [5.74, 6) is 0.816. The molecule has 30 heavy (non-hydrogen) atoms. The molecule has 0 bridgehead atoms. The summed E-state index contributed by atoms with van der Waals surface area (Å²) in [6.07, 6.45) is 2.07. The van der Waals surface area contributed by atoms with Gasteiger partial charge in [-0.05, 0) is 29.7 Å². The summed E-state index contributed by atoms with van der Waals surface area (Å²) >= 11 is 0. The van der Waals surface area contributed by atoms with Crippen molar-refractivity contribution in [1.82, 2.24) is 10.2 Å². The molecule has 0 aliphatic carbocycles. The summed E-state index contributed by atoms with van der Waals surface area (Å²) in [6, 6.07) is 17.2. The van der Waals surface area contributed by atoms with Crippen LogP contribution in [-0.2, 0) is 17.8 Å². The first-order chi connectivity index (χ1) is 14.6. The highest BCUT2D eigenvalue weighted by Crippen LogP contribution is 2.27. The zero-order chi connectivity index (χ0) is 21.8. The molecule has 0 spiro atoms. The lowest BCUT2D eigenvalue weighted by Crippen LogP contribution is -2.29. The number of carbonyl (C=O) groups is 1. The normalized spacial score (nSPS) is 10.8.